The van der Waals surface area contributed by atoms with Crippen LogP contribution < -0.4 is 4.72 Å². The molecule has 8 heteroatoms. The Kier molecular flexibility index (Phi) is 4.90. The second kappa shape index (κ2) is 6.61. The Morgan fingerprint density at radius 1 is 1.13 bits per heavy atom. The fourth-order valence-corrected chi connectivity index (χ4v) is 6.03. The maximum Gasteiger partial charge on any atom is 0.244 e. The lowest BCUT2D eigenvalue weighted by molar-refractivity contribution is 0.533. The Bertz CT molecular complexity index is 838. The average molecular weight is 392 g/mol. The summed E-state index contributed by atoms with van der Waals surface area (Å²) < 4.78 is 41.8. The van der Waals surface area contributed by atoms with Gasteiger partial charge in [0.25, 0.3) is 0 Å². The largest absolute Gasteiger partial charge is 0.244 e. The van der Waals surface area contributed by atoms with Crippen molar-refractivity contribution in [1.29, 1.82) is 0 Å². The molecule has 0 aromatic heterocycles. The van der Waals surface area contributed by atoms with E-state index in [1.807, 2.05) is 0 Å². The molecule has 0 amide bonds. The highest BCUT2D eigenvalue weighted by molar-refractivity contribution is 7.99. The molecule has 3 rings (SSSR count). The normalized spacial score (nSPS) is 17.8. The summed E-state index contributed by atoms with van der Waals surface area (Å²) >= 11 is 13.4. The first kappa shape index (κ1) is 17.0. The molecule has 2 aromatic rings. The number of rotatable bonds is 3. The topological polar surface area (TPSA) is 46.2 Å². The van der Waals surface area contributed by atoms with Gasteiger partial charge in [0.1, 0.15) is 10.7 Å². The molecule has 1 atom stereocenters. The molecule has 0 saturated heterocycles. The van der Waals surface area contributed by atoms with Crippen LogP contribution in [-0.4, -0.2) is 14.2 Å². The van der Waals surface area contributed by atoms with Gasteiger partial charge in [-0.05, 0) is 35.9 Å². The monoisotopic (exact) mass is 391 g/mol. The number of fused-ring (bicyclic) bond motifs is 1. The van der Waals surface area contributed by atoms with Crippen molar-refractivity contribution in [3.8, 4) is 0 Å². The predicted octanol–water partition coefficient (Wildman–Crippen LogP) is 4.65. The van der Waals surface area contributed by atoms with Gasteiger partial charge < -0.3 is 0 Å². The summed E-state index contributed by atoms with van der Waals surface area (Å²) in [4.78, 5) is 0.330. The van der Waals surface area contributed by atoms with E-state index in [1.165, 1.54) is 30.0 Å². The van der Waals surface area contributed by atoms with Crippen LogP contribution in [-0.2, 0) is 10.0 Å². The summed E-state index contributed by atoms with van der Waals surface area (Å²) in [5.41, 5.74) is 0.632. The van der Waals surface area contributed by atoms with Crippen molar-refractivity contribution >= 4 is 45.0 Å². The van der Waals surface area contributed by atoms with E-state index in [4.69, 9.17) is 23.2 Å². The Balaban J connectivity index is 1.99. The second-order valence-corrected chi connectivity index (χ2v) is 8.59. The number of benzene rings is 2. The molecule has 23 heavy (non-hydrogen) atoms. The minimum Gasteiger partial charge on any atom is -0.207 e. The van der Waals surface area contributed by atoms with Crippen LogP contribution in [0.15, 0.2) is 46.2 Å². The summed E-state index contributed by atoms with van der Waals surface area (Å²) in [6.45, 7) is 0. The first-order valence-electron chi connectivity index (χ1n) is 6.77. The van der Waals surface area contributed by atoms with Gasteiger partial charge in [0, 0.05) is 10.9 Å². The van der Waals surface area contributed by atoms with Crippen molar-refractivity contribution in [1.82, 2.24) is 4.72 Å². The van der Waals surface area contributed by atoms with E-state index in [2.05, 4.69) is 4.72 Å². The molecular weight excluding hydrogens is 380 g/mol. The van der Waals surface area contributed by atoms with Crippen LogP contribution in [0.2, 0.25) is 10.0 Å². The van der Waals surface area contributed by atoms with Crippen molar-refractivity contribution < 1.29 is 12.8 Å². The molecule has 1 unspecified atom stereocenters. The van der Waals surface area contributed by atoms with E-state index in [9.17, 15) is 12.8 Å². The van der Waals surface area contributed by atoms with Crippen molar-refractivity contribution in [2.45, 2.75) is 22.3 Å². The average Bonchev–Trinajstić information content (AvgIpc) is 2.47. The van der Waals surface area contributed by atoms with Gasteiger partial charge in [0.15, 0.2) is 0 Å². The number of halogens is 3. The Hall–Kier alpha value is -0.790. The first-order valence-corrected chi connectivity index (χ1v) is 10.00. The molecule has 122 valence electrons. The van der Waals surface area contributed by atoms with Crippen LogP contribution in [0.4, 0.5) is 4.39 Å². The van der Waals surface area contributed by atoms with Crippen LogP contribution in [0.5, 0.6) is 0 Å². The first-order chi connectivity index (χ1) is 10.9. The number of nitrogens with one attached hydrogen (secondary N) is 1. The minimum absolute atomic E-state index is 0.0506. The second-order valence-electron chi connectivity index (χ2n) is 5.02. The fourth-order valence-electron chi connectivity index (χ4n) is 2.49. The van der Waals surface area contributed by atoms with Crippen LogP contribution >= 0.6 is 35.0 Å². The Morgan fingerprint density at radius 2 is 1.78 bits per heavy atom. The van der Waals surface area contributed by atoms with Crippen molar-refractivity contribution in [2.24, 2.45) is 0 Å². The maximum atomic E-state index is 13.9. The molecule has 0 radical (unpaired) electrons. The van der Waals surface area contributed by atoms with E-state index in [1.54, 1.807) is 18.2 Å². The summed E-state index contributed by atoms with van der Waals surface area (Å²) in [5.74, 6) is 0.282. The molecular formula is C15H12Cl2FNO2S2. The molecule has 1 aliphatic rings. The molecule has 0 saturated carbocycles. The van der Waals surface area contributed by atoms with Crippen molar-refractivity contribution in [3.63, 3.8) is 0 Å². The van der Waals surface area contributed by atoms with Gasteiger partial charge in [-0.2, -0.15) is 0 Å². The van der Waals surface area contributed by atoms with Gasteiger partial charge >= 0.3 is 0 Å². The highest BCUT2D eigenvalue weighted by Crippen LogP contribution is 2.39. The Morgan fingerprint density at radius 3 is 2.48 bits per heavy atom. The Labute approximate surface area is 148 Å². The van der Waals surface area contributed by atoms with Gasteiger partial charge in [-0.3, -0.25) is 0 Å². The summed E-state index contributed by atoms with van der Waals surface area (Å²) in [5, 5.41) is 0.101. The van der Waals surface area contributed by atoms with Gasteiger partial charge in [-0.25, -0.2) is 17.5 Å². The third-order valence-corrected chi connectivity index (χ3v) is 7.10. The third-order valence-electron chi connectivity index (χ3n) is 3.51. The highest BCUT2D eigenvalue weighted by atomic mass is 35.5. The predicted molar refractivity (Wildman–Crippen MR) is 91.3 cm³/mol. The van der Waals surface area contributed by atoms with E-state index >= 15 is 0 Å². The zero-order valence-electron chi connectivity index (χ0n) is 11.7. The number of hydrogen-bond acceptors (Lipinski definition) is 3. The summed E-state index contributed by atoms with van der Waals surface area (Å²) in [7, 11) is -3.92. The molecule has 1 heterocycles. The highest BCUT2D eigenvalue weighted by Gasteiger charge is 2.29. The lowest BCUT2D eigenvalue weighted by Crippen LogP contribution is -2.31. The zero-order valence-corrected chi connectivity index (χ0v) is 14.9. The smallest absolute Gasteiger partial charge is 0.207 e. The van der Waals surface area contributed by atoms with E-state index in [0.29, 0.717) is 22.6 Å². The van der Waals surface area contributed by atoms with Crippen LogP contribution in [0.1, 0.15) is 18.0 Å². The van der Waals surface area contributed by atoms with Gasteiger partial charge in [0.05, 0.1) is 10.0 Å². The van der Waals surface area contributed by atoms with Gasteiger partial charge in [-0.15, -0.1) is 11.8 Å². The quantitative estimate of drug-likeness (QED) is 0.827. The molecule has 0 fully saturated rings. The van der Waals surface area contributed by atoms with E-state index in [0.717, 1.165) is 0 Å². The molecule has 0 bridgehead atoms. The van der Waals surface area contributed by atoms with E-state index < -0.39 is 16.1 Å². The number of thioether (sulfide) groups is 1. The molecule has 1 N–H and O–H groups in total. The lowest BCUT2D eigenvalue weighted by atomic mass is 10.0. The SMILES string of the molecule is O=S(=O)(NC1CCSc2c(F)cccc21)c1c(Cl)cccc1Cl. The molecule has 1 aliphatic heterocycles. The minimum atomic E-state index is -3.92. The van der Waals surface area contributed by atoms with Crippen molar-refractivity contribution in [3.05, 3.63) is 57.8 Å². The van der Waals surface area contributed by atoms with Gasteiger partial charge in [-0.1, -0.05) is 41.4 Å². The van der Waals surface area contributed by atoms with Crippen LogP contribution in [0, 0.1) is 5.82 Å². The number of sulfonamides is 1. The maximum absolute atomic E-state index is 13.9. The molecule has 2 aromatic carbocycles. The molecule has 0 aliphatic carbocycles. The van der Waals surface area contributed by atoms with Crippen LogP contribution in [0.25, 0.3) is 0 Å². The summed E-state index contributed by atoms with van der Waals surface area (Å²) in [6, 6.07) is 8.66. The van der Waals surface area contributed by atoms with Crippen LogP contribution in [0.3, 0.4) is 0 Å². The number of hydrogen-bond donors (Lipinski definition) is 1. The van der Waals surface area contributed by atoms with E-state index in [-0.39, 0.29) is 20.8 Å². The standard InChI is InChI=1S/C15H12Cl2FNO2S2/c16-10-4-2-5-11(17)15(10)23(20,21)19-13-7-8-22-14-9(13)3-1-6-12(14)18/h1-6,13,19H,7-8H2. The van der Waals surface area contributed by atoms with Crippen molar-refractivity contribution in [2.75, 3.05) is 5.75 Å². The fraction of sp³-hybridized carbons (Fsp3) is 0.200. The third kappa shape index (κ3) is 3.37. The molecule has 0 spiro atoms. The zero-order chi connectivity index (χ0) is 16.6. The summed E-state index contributed by atoms with van der Waals surface area (Å²) in [6.07, 6.45) is 0.558. The van der Waals surface area contributed by atoms with Gasteiger partial charge in [0.2, 0.25) is 10.0 Å². The lowest BCUT2D eigenvalue weighted by Gasteiger charge is -2.26. The molecule has 3 nitrogen and oxygen atoms in total.